The van der Waals surface area contributed by atoms with Gasteiger partial charge in [0.05, 0.1) is 30.4 Å². The second kappa shape index (κ2) is 6.56. The van der Waals surface area contributed by atoms with Gasteiger partial charge in [0.2, 0.25) is 18.6 Å². The number of nitrogens with zero attached hydrogens (tertiary/aromatic N) is 2. The van der Waals surface area contributed by atoms with Crippen molar-refractivity contribution in [2.75, 3.05) is 19.9 Å². The molecule has 27 heavy (non-hydrogen) atoms. The second-order valence-electron chi connectivity index (χ2n) is 7.71. The minimum absolute atomic E-state index is 0.0313. The van der Waals surface area contributed by atoms with Gasteiger partial charge in [-0.15, -0.1) is 0 Å². The highest BCUT2D eigenvalue weighted by Gasteiger charge is 2.37. The number of rotatable bonds is 3. The van der Waals surface area contributed by atoms with Crippen LogP contribution in [0.5, 0.6) is 11.5 Å². The first-order chi connectivity index (χ1) is 12.8. The van der Waals surface area contributed by atoms with E-state index in [1.54, 1.807) is 0 Å². The van der Waals surface area contributed by atoms with Crippen molar-refractivity contribution in [3.05, 3.63) is 29.7 Å². The number of oxazole rings is 1. The fraction of sp³-hybridized carbons (Fsp3) is 0.500. The molecule has 0 saturated carbocycles. The summed E-state index contributed by atoms with van der Waals surface area (Å²) < 4.78 is 22.3. The van der Waals surface area contributed by atoms with Gasteiger partial charge in [0.25, 0.3) is 0 Å². The van der Waals surface area contributed by atoms with Crippen LogP contribution in [-0.4, -0.2) is 47.4 Å². The topological polar surface area (TPSA) is 74.0 Å². The van der Waals surface area contributed by atoms with E-state index in [2.05, 4.69) is 4.98 Å². The molecule has 1 atom stereocenters. The van der Waals surface area contributed by atoms with Crippen molar-refractivity contribution in [3.63, 3.8) is 0 Å². The third-order valence-electron chi connectivity index (χ3n) is 5.02. The number of benzene rings is 1. The van der Waals surface area contributed by atoms with Gasteiger partial charge < -0.3 is 23.5 Å². The Labute approximate surface area is 158 Å². The van der Waals surface area contributed by atoms with Gasteiger partial charge in [-0.05, 0) is 45.9 Å². The Morgan fingerprint density at radius 3 is 2.89 bits per heavy atom. The van der Waals surface area contributed by atoms with Gasteiger partial charge in [-0.25, -0.2) is 4.98 Å². The molecule has 0 bridgehead atoms. The summed E-state index contributed by atoms with van der Waals surface area (Å²) in [5, 5.41) is 0. The van der Waals surface area contributed by atoms with Crippen molar-refractivity contribution in [1.29, 1.82) is 0 Å². The molecule has 7 heteroatoms. The van der Waals surface area contributed by atoms with E-state index in [1.165, 1.54) is 0 Å². The molecule has 0 spiro atoms. The summed E-state index contributed by atoms with van der Waals surface area (Å²) in [7, 11) is 0. The molecule has 0 radical (unpaired) electrons. The monoisotopic (exact) mass is 372 g/mol. The molecule has 1 unspecified atom stereocenters. The normalized spacial score (nSPS) is 20.7. The fourth-order valence-electron chi connectivity index (χ4n) is 3.40. The van der Waals surface area contributed by atoms with Crippen LogP contribution < -0.4 is 9.47 Å². The Kier molecular flexibility index (Phi) is 4.34. The molecule has 1 fully saturated rings. The second-order valence-corrected chi connectivity index (χ2v) is 7.71. The number of carbonyl (C=O) groups excluding carboxylic acids is 1. The molecular weight excluding hydrogens is 348 g/mol. The average molecular weight is 372 g/mol. The Hall–Kier alpha value is -2.54. The maximum Gasteiger partial charge on any atom is 0.231 e. The summed E-state index contributed by atoms with van der Waals surface area (Å²) in [5.74, 6) is 2.54. The molecule has 4 rings (SSSR count). The van der Waals surface area contributed by atoms with E-state index in [1.807, 2.05) is 50.8 Å². The van der Waals surface area contributed by atoms with E-state index in [4.69, 9.17) is 18.6 Å². The number of hydrogen-bond donors (Lipinski definition) is 0. The van der Waals surface area contributed by atoms with Gasteiger partial charge in [0, 0.05) is 12.1 Å². The highest BCUT2D eigenvalue weighted by molar-refractivity contribution is 5.79. The van der Waals surface area contributed by atoms with Crippen LogP contribution in [0.4, 0.5) is 0 Å². The molecule has 0 aliphatic carbocycles. The van der Waals surface area contributed by atoms with E-state index in [9.17, 15) is 4.79 Å². The van der Waals surface area contributed by atoms with Crippen molar-refractivity contribution >= 4 is 5.91 Å². The Balaban J connectivity index is 1.54. The first-order valence-corrected chi connectivity index (χ1v) is 9.12. The Bertz CT molecular complexity index is 873. The van der Waals surface area contributed by atoms with Crippen LogP contribution >= 0.6 is 0 Å². The van der Waals surface area contributed by atoms with Gasteiger partial charge in [-0.1, -0.05) is 0 Å². The number of ether oxygens (including phenoxy) is 3. The fourth-order valence-corrected chi connectivity index (χ4v) is 3.40. The summed E-state index contributed by atoms with van der Waals surface area (Å²) >= 11 is 0. The molecule has 1 aromatic carbocycles. The van der Waals surface area contributed by atoms with Crippen molar-refractivity contribution in [2.45, 2.75) is 45.8 Å². The predicted molar refractivity (Wildman–Crippen MR) is 97.7 cm³/mol. The molecule has 2 aliphatic rings. The van der Waals surface area contributed by atoms with Crippen LogP contribution in [0.3, 0.4) is 0 Å². The van der Waals surface area contributed by atoms with E-state index >= 15 is 0 Å². The smallest absolute Gasteiger partial charge is 0.231 e. The molecule has 144 valence electrons. The van der Waals surface area contributed by atoms with E-state index in [0.717, 1.165) is 5.56 Å². The quantitative estimate of drug-likeness (QED) is 0.825. The highest BCUT2D eigenvalue weighted by Crippen LogP contribution is 2.36. The molecule has 2 aromatic rings. The number of hydrogen-bond acceptors (Lipinski definition) is 6. The van der Waals surface area contributed by atoms with Gasteiger partial charge in [-0.2, -0.15) is 0 Å². The van der Waals surface area contributed by atoms with Crippen molar-refractivity contribution in [2.24, 2.45) is 0 Å². The number of amides is 1. The molecule has 1 aromatic heterocycles. The van der Waals surface area contributed by atoms with Crippen LogP contribution in [0.25, 0.3) is 11.5 Å². The molecule has 2 aliphatic heterocycles. The molecular formula is C20H24N2O5. The molecule has 7 nitrogen and oxygen atoms in total. The average Bonchev–Trinajstić information content (AvgIpc) is 3.23. The third kappa shape index (κ3) is 3.39. The van der Waals surface area contributed by atoms with E-state index in [0.29, 0.717) is 42.0 Å². The summed E-state index contributed by atoms with van der Waals surface area (Å²) in [6.45, 7) is 9.18. The summed E-state index contributed by atoms with van der Waals surface area (Å²) in [6, 6.07) is 5.54. The number of aryl methyl sites for hydroxylation is 1. The number of aromatic nitrogens is 1. The maximum absolute atomic E-state index is 12.9. The molecule has 0 N–H and O–H groups in total. The van der Waals surface area contributed by atoms with Crippen molar-refractivity contribution in [1.82, 2.24) is 9.88 Å². The lowest BCUT2D eigenvalue weighted by molar-refractivity contribution is -0.152. The standard InChI is InChI=1S/C20H24N2O5/c1-12-9-22(20(3,4)10-24-12)18(23)8-15-13(2)27-19(21-15)14-5-6-16-17(7-14)26-11-25-16/h5-7,12H,8-11H2,1-4H3. The Morgan fingerprint density at radius 1 is 1.30 bits per heavy atom. The lowest BCUT2D eigenvalue weighted by atomic mass is 10.00. The van der Waals surface area contributed by atoms with Crippen LogP contribution in [0.1, 0.15) is 32.2 Å². The van der Waals surface area contributed by atoms with Crippen LogP contribution in [0.15, 0.2) is 22.6 Å². The zero-order valence-electron chi connectivity index (χ0n) is 16.1. The minimum Gasteiger partial charge on any atom is -0.454 e. The summed E-state index contributed by atoms with van der Waals surface area (Å²) in [6.07, 6.45) is 0.236. The number of carbonyl (C=O) groups is 1. The highest BCUT2D eigenvalue weighted by atomic mass is 16.7. The first-order valence-electron chi connectivity index (χ1n) is 9.12. The van der Waals surface area contributed by atoms with Gasteiger partial charge in [-0.3, -0.25) is 4.79 Å². The summed E-state index contributed by atoms with van der Waals surface area (Å²) in [5.41, 5.74) is 1.12. The molecule has 1 amide bonds. The molecule has 3 heterocycles. The largest absolute Gasteiger partial charge is 0.454 e. The minimum atomic E-state index is -0.332. The zero-order valence-corrected chi connectivity index (χ0v) is 16.1. The van der Waals surface area contributed by atoms with Crippen molar-refractivity contribution < 1.29 is 23.4 Å². The lowest BCUT2D eigenvalue weighted by Gasteiger charge is -2.44. The Morgan fingerprint density at radius 2 is 2.07 bits per heavy atom. The number of fused-ring (bicyclic) bond motifs is 1. The van der Waals surface area contributed by atoms with Crippen LogP contribution in [0, 0.1) is 6.92 Å². The van der Waals surface area contributed by atoms with Crippen LogP contribution in [-0.2, 0) is 16.0 Å². The van der Waals surface area contributed by atoms with Gasteiger partial charge in [0.15, 0.2) is 11.5 Å². The first kappa shape index (κ1) is 17.9. The SMILES string of the molecule is Cc1oc(-c2ccc3c(c2)OCO3)nc1CC(=O)N1CC(C)OCC1(C)C. The van der Waals surface area contributed by atoms with E-state index < -0.39 is 0 Å². The zero-order chi connectivity index (χ0) is 19.2. The predicted octanol–water partition coefficient (Wildman–Crippen LogP) is 2.95. The van der Waals surface area contributed by atoms with Gasteiger partial charge in [0.1, 0.15) is 5.76 Å². The number of morpholine rings is 1. The third-order valence-corrected chi connectivity index (χ3v) is 5.02. The lowest BCUT2D eigenvalue weighted by Crippen LogP contribution is -2.58. The maximum atomic E-state index is 12.9. The van der Waals surface area contributed by atoms with Crippen molar-refractivity contribution in [3.8, 4) is 23.0 Å². The van der Waals surface area contributed by atoms with E-state index in [-0.39, 0.29) is 30.8 Å². The molecule has 1 saturated heterocycles. The summed E-state index contributed by atoms with van der Waals surface area (Å²) in [4.78, 5) is 19.4. The van der Waals surface area contributed by atoms with Gasteiger partial charge >= 0.3 is 0 Å². The van der Waals surface area contributed by atoms with Crippen LogP contribution in [0.2, 0.25) is 0 Å².